The first-order valence-electron chi connectivity index (χ1n) is 5.02. The maximum absolute atomic E-state index is 11.3. The number of rotatable bonds is 6. The molecule has 0 fully saturated rings. The summed E-state index contributed by atoms with van der Waals surface area (Å²) in [5.41, 5.74) is 5.25. The van der Waals surface area contributed by atoms with E-state index in [1.807, 2.05) is 12.1 Å². The normalized spacial score (nSPS) is 9.71. The molecule has 0 bridgehead atoms. The Labute approximate surface area is 110 Å². The van der Waals surface area contributed by atoms with E-state index in [4.69, 9.17) is 22.1 Å². The molecule has 0 unspecified atom stereocenters. The van der Waals surface area contributed by atoms with Gasteiger partial charge in [-0.15, -0.1) is 0 Å². The van der Waals surface area contributed by atoms with Crippen LogP contribution in [0.25, 0.3) is 0 Å². The lowest BCUT2D eigenvalue weighted by Crippen LogP contribution is -2.32. The highest BCUT2D eigenvalue weighted by Gasteiger charge is 2.03. The highest BCUT2D eigenvalue weighted by atomic mass is 35.5. The van der Waals surface area contributed by atoms with Crippen LogP contribution in [0.5, 0.6) is 5.75 Å². The maximum atomic E-state index is 11.3. The number of benzene rings is 1. The third-order valence-electron chi connectivity index (χ3n) is 1.88. The zero-order chi connectivity index (χ0) is 12.7. The van der Waals surface area contributed by atoms with Gasteiger partial charge in [-0.2, -0.15) is 0 Å². The van der Waals surface area contributed by atoms with Crippen molar-refractivity contribution in [3.8, 4) is 5.75 Å². The number of nitrogens with two attached hydrogens (primary N) is 1. The third kappa shape index (κ3) is 5.51. The zero-order valence-corrected chi connectivity index (χ0v) is 10.7. The predicted octanol–water partition coefficient (Wildman–Crippen LogP) is 1.51. The lowest BCUT2D eigenvalue weighted by atomic mass is 10.3. The molecule has 0 spiro atoms. The van der Waals surface area contributed by atoms with Crippen molar-refractivity contribution in [3.63, 3.8) is 0 Å². The molecule has 17 heavy (non-hydrogen) atoms. The fraction of sp³-hybridized carbons (Fsp3) is 0.273. The second-order valence-electron chi connectivity index (χ2n) is 3.27. The molecule has 0 aliphatic heterocycles. The molecule has 0 aromatic heterocycles. The van der Waals surface area contributed by atoms with E-state index in [9.17, 15) is 4.79 Å². The number of para-hydroxylation sites is 1. The van der Waals surface area contributed by atoms with Crippen molar-refractivity contribution in [2.75, 3.05) is 13.2 Å². The highest BCUT2D eigenvalue weighted by molar-refractivity contribution is 7.80. The molecule has 4 nitrogen and oxygen atoms in total. The number of thiocarbonyl (C=S) groups is 1. The van der Waals surface area contributed by atoms with Crippen LogP contribution in [0, 0.1) is 0 Å². The fourth-order valence-electron chi connectivity index (χ4n) is 1.09. The highest BCUT2D eigenvalue weighted by Crippen LogP contribution is 2.22. The quantitative estimate of drug-likeness (QED) is 0.771. The van der Waals surface area contributed by atoms with Crippen LogP contribution >= 0.6 is 23.8 Å². The van der Waals surface area contributed by atoms with Gasteiger partial charge in [-0.3, -0.25) is 4.79 Å². The second kappa shape index (κ2) is 7.09. The Morgan fingerprint density at radius 3 is 2.82 bits per heavy atom. The lowest BCUT2D eigenvalue weighted by Gasteiger charge is -2.07. The summed E-state index contributed by atoms with van der Waals surface area (Å²) in [7, 11) is 0. The molecule has 0 atom stereocenters. The minimum Gasteiger partial charge on any atom is -0.491 e. The predicted molar refractivity (Wildman–Crippen MR) is 71.4 cm³/mol. The van der Waals surface area contributed by atoms with Crippen LogP contribution in [-0.4, -0.2) is 24.0 Å². The Morgan fingerprint density at radius 1 is 1.47 bits per heavy atom. The summed E-state index contributed by atoms with van der Waals surface area (Å²) in [6.45, 7) is 0.465. The fourth-order valence-corrected chi connectivity index (χ4v) is 1.35. The summed E-state index contributed by atoms with van der Waals surface area (Å²) in [6.07, 6.45) is 0.230. The molecule has 0 saturated heterocycles. The second-order valence-corrected chi connectivity index (χ2v) is 4.20. The van der Waals surface area contributed by atoms with E-state index in [0.29, 0.717) is 10.8 Å². The Kier molecular flexibility index (Phi) is 5.72. The monoisotopic (exact) mass is 272 g/mol. The summed E-state index contributed by atoms with van der Waals surface area (Å²) in [4.78, 5) is 11.5. The largest absolute Gasteiger partial charge is 0.491 e. The summed E-state index contributed by atoms with van der Waals surface area (Å²) >= 11 is 10.5. The molecule has 0 aliphatic rings. The van der Waals surface area contributed by atoms with Crippen LogP contribution in [0.2, 0.25) is 5.02 Å². The Balaban J connectivity index is 2.26. The Morgan fingerprint density at radius 2 is 2.18 bits per heavy atom. The number of ether oxygens (including phenoxy) is 1. The van der Waals surface area contributed by atoms with Gasteiger partial charge in [0.1, 0.15) is 5.75 Å². The first kappa shape index (κ1) is 13.7. The third-order valence-corrected chi connectivity index (χ3v) is 2.34. The molecular formula is C11H13ClN2O2S. The number of nitrogens with one attached hydrogen (secondary N) is 1. The molecule has 0 radical (unpaired) electrons. The van der Waals surface area contributed by atoms with Gasteiger partial charge < -0.3 is 15.8 Å². The minimum atomic E-state index is -0.162. The van der Waals surface area contributed by atoms with Gasteiger partial charge >= 0.3 is 0 Å². The summed E-state index contributed by atoms with van der Waals surface area (Å²) in [5, 5.41) is 3.09. The summed E-state index contributed by atoms with van der Waals surface area (Å²) < 4.78 is 5.36. The van der Waals surface area contributed by atoms with Gasteiger partial charge in [0, 0.05) is 0 Å². The van der Waals surface area contributed by atoms with Crippen molar-refractivity contribution in [2.45, 2.75) is 6.42 Å². The van der Waals surface area contributed by atoms with Gasteiger partial charge in [-0.25, -0.2) is 0 Å². The van der Waals surface area contributed by atoms with E-state index in [2.05, 4.69) is 17.5 Å². The Bertz CT molecular complexity index is 412. The molecular weight excluding hydrogens is 260 g/mol. The van der Waals surface area contributed by atoms with Gasteiger partial charge in [0.25, 0.3) is 0 Å². The number of carbonyl (C=O) groups excluding carboxylic acids is 1. The number of amides is 1. The number of hydrogen-bond acceptors (Lipinski definition) is 3. The SMILES string of the molecule is NC(=S)CNC(=O)CCOc1ccccc1Cl. The molecule has 1 aromatic rings. The number of halogens is 1. The standard InChI is InChI=1S/C11H13ClN2O2S/c12-8-3-1-2-4-9(8)16-6-5-11(15)14-7-10(13)17/h1-4H,5-7H2,(H2,13,17)(H,14,15). The number of carbonyl (C=O) groups is 1. The van der Waals surface area contributed by atoms with Gasteiger partial charge in [0.05, 0.1) is 29.6 Å². The smallest absolute Gasteiger partial charge is 0.223 e. The topological polar surface area (TPSA) is 64.3 Å². The summed E-state index contributed by atoms with van der Waals surface area (Å²) in [6, 6.07) is 7.09. The average Bonchev–Trinajstić information content (AvgIpc) is 2.29. The van der Waals surface area contributed by atoms with Crippen molar-refractivity contribution >= 4 is 34.7 Å². The van der Waals surface area contributed by atoms with E-state index in [1.165, 1.54) is 0 Å². The van der Waals surface area contributed by atoms with Crippen molar-refractivity contribution < 1.29 is 9.53 Å². The van der Waals surface area contributed by atoms with E-state index < -0.39 is 0 Å². The van der Waals surface area contributed by atoms with Crippen molar-refractivity contribution in [2.24, 2.45) is 5.73 Å². The maximum Gasteiger partial charge on any atom is 0.223 e. The van der Waals surface area contributed by atoms with E-state index >= 15 is 0 Å². The Hall–Kier alpha value is -1.33. The van der Waals surface area contributed by atoms with Crippen molar-refractivity contribution in [1.29, 1.82) is 0 Å². The molecule has 92 valence electrons. The van der Waals surface area contributed by atoms with Gasteiger partial charge in [0.2, 0.25) is 5.91 Å². The molecule has 1 aromatic carbocycles. The van der Waals surface area contributed by atoms with Crippen LogP contribution in [0.3, 0.4) is 0 Å². The van der Waals surface area contributed by atoms with E-state index in [-0.39, 0.29) is 30.5 Å². The van der Waals surface area contributed by atoms with Crippen LogP contribution in [0.15, 0.2) is 24.3 Å². The van der Waals surface area contributed by atoms with E-state index in [0.717, 1.165) is 0 Å². The van der Waals surface area contributed by atoms with Crippen LogP contribution in [0.1, 0.15) is 6.42 Å². The van der Waals surface area contributed by atoms with E-state index in [1.54, 1.807) is 12.1 Å². The van der Waals surface area contributed by atoms with Gasteiger partial charge in [0.15, 0.2) is 0 Å². The molecule has 0 heterocycles. The zero-order valence-electron chi connectivity index (χ0n) is 9.11. The molecule has 1 amide bonds. The molecule has 6 heteroatoms. The molecule has 3 N–H and O–H groups in total. The van der Waals surface area contributed by atoms with Crippen LogP contribution < -0.4 is 15.8 Å². The average molecular weight is 273 g/mol. The molecule has 0 aliphatic carbocycles. The van der Waals surface area contributed by atoms with Gasteiger partial charge in [-0.1, -0.05) is 36.0 Å². The number of hydrogen-bond donors (Lipinski definition) is 2. The molecule has 1 rings (SSSR count). The summed E-state index contributed by atoms with van der Waals surface area (Å²) in [5.74, 6) is 0.404. The first-order valence-corrected chi connectivity index (χ1v) is 5.80. The minimum absolute atomic E-state index is 0.162. The molecule has 0 saturated carbocycles. The van der Waals surface area contributed by atoms with Gasteiger partial charge in [-0.05, 0) is 12.1 Å². The van der Waals surface area contributed by atoms with Crippen molar-refractivity contribution in [1.82, 2.24) is 5.32 Å². The lowest BCUT2D eigenvalue weighted by molar-refractivity contribution is -0.121. The van der Waals surface area contributed by atoms with Crippen molar-refractivity contribution in [3.05, 3.63) is 29.3 Å². The van der Waals surface area contributed by atoms with Crippen LogP contribution in [0.4, 0.5) is 0 Å². The first-order chi connectivity index (χ1) is 8.09. The van der Waals surface area contributed by atoms with Crippen LogP contribution in [-0.2, 0) is 4.79 Å².